The van der Waals surface area contributed by atoms with Gasteiger partial charge in [-0.05, 0) is 43.9 Å². The van der Waals surface area contributed by atoms with E-state index < -0.39 is 0 Å². The van der Waals surface area contributed by atoms with Gasteiger partial charge in [0.05, 0.1) is 6.61 Å². The molecule has 1 radical (unpaired) electrons. The summed E-state index contributed by atoms with van der Waals surface area (Å²) in [6.45, 7) is 6.65. The van der Waals surface area contributed by atoms with Crippen LogP contribution in [-0.2, 0) is 6.42 Å². The minimum absolute atomic E-state index is 0.703. The summed E-state index contributed by atoms with van der Waals surface area (Å²) in [5, 5.41) is 0. The molecule has 77 valence electrons. The number of hydrogen-bond donors (Lipinski definition) is 0. The fraction of sp³-hybridized carbons (Fsp3) is 0.462. The predicted molar refractivity (Wildman–Crippen MR) is 60.5 cm³/mol. The third-order valence-electron chi connectivity index (χ3n) is 2.16. The molecule has 0 N–H and O–H groups in total. The maximum absolute atomic E-state index is 5.45. The van der Waals surface area contributed by atoms with Crippen LogP contribution in [0.2, 0.25) is 0 Å². The normalized spacial score (nSPS) is 10.1. The zero-order chi connectivity index (χ0) is 10.2. The van der Waals surface area contributed by atoms with Crippen molar-refractivity contribution in [2.45, 2.75) is 32.6 Å². The molecule has 0 saturated heterocycles. The Labute approximate surface area is 87.1 Å². The molecule has 1 heteroatoms. The lowest BCUT2D eigenvalue weighted by molar-refractivity contribution is 0.324. The Morgan fingerprint density at radius 1 is 1.21 bits per heavy atom. The summed E-state index contributed by atoms with van der Waals surface area (Å²) in [5.74, 6) is 0.953. The topological polar surface area (TPSA) is 9.23 Å². The maximum atomic E-state index is 5.45. The number of ether oxygens (including phenoxy) is 1. The van der Waals surface area contributed by atoms with E-state index in [4.69, 9.17) is 4.74 Å². The smallest absolute Gasteiger partial charge is 0.119 e. The van der Waals surface area contributed by atoms with Gasteiger partial charge in [0.2, 0.25) is 0 Å². The predicted octanol–water partition coefficient (Wildman–Crippen LogP) is 3.63. The second-order valence-corrected chi connectivity index (χ2v) is 3.45. The zero-order valence-electron chi connectivity index (χ0n) is 8.96. The molecule has 0 atom stereocenters. The molecule has 1 aromatic rings. The van der Waals surface area contributed by atoms with Gasteiger partial charge in [0.1, 0.15) is 5.75 Å². The van der Waals surface area contributed by atoms with E-state index in [-0.39, 0.29) is 0 Å². The Balaban J connectivity index is 2.42. The van der Waals surface area contributed by atoms with Crippen LogP contribution in [0.25, 0.3) is 0 Å². The highest BCUT2D eigenvalue weighted by atomic mass is 16.5. The quantitative estimate of drug-likeness (QED) is 0.667. The van der Waals surface area contributed by atoms with E-state index in [2.05, 4.69) is 26.0 Å². The van der Waals surface area contributed by atoms with Gasteiger partial charge in [0.15, 0.2) is 0 Å². The molecule has 0 aliphatic carbocycles. The number of aryl methyl sites for hydroxylation is 1. The Hall–Kier alpha value is -0.980. The first-order valence-electron chi connectivity index (χ1n) is 5.37. The van der Waals surface area contributed by atoms with Crippen molar-refractivity contribution in [3.05, 3.63) is 36.8 Å². The molecular formula is C13H19O. The lowest BCUT2D eigenvalue weighted by Gasteiger charge is -2.05. The van der Waals surface area contributed by atoms with E-state index in [9.17, 15) is 0 Å². The van der Waals surface area contributed by atoms with Crippen molar-refractivity contribution in [1.29, 1.82) is 0 Å². The van der Waals surface area contributed by atoms with Crippen molar-refractivity contribution in [2.75, 3.05) is 6.61 Å². The fourth-order valence-electron chi connectivity index (χ4n) is 1.32. The summed E-state index contributed by atoms with van der Waals surface area (Å²) in [6.07, 6.45) is 4.50. The Kier molecular flexibility index (Phi) is 5.13. The molecule has 0 aliphatic rings. The largest absolute Gasteiger partial charge is 0.494 e. The molecular weight excluding hydrogens is 172 g/mol. The van der Waals surface area contributed by atoms with Gasteiger partial charge in [0, 0.05) is 0 Å². The average molecular weight is 191 g/mol. The molecule has 1 aromatic carbocycles. The van der Waals surface area contributed by atoms with Crippen LogP contribution in [-0.4, -0.2) is 6.61 Å². The Morgan fingerprint density at radius 3 is 2.50 bits per heavy atom. The molecule has 1 rings (SSSR count). The minimum atomic E-state index is 0.703. The van der Waals surface area contributed by atoms with E-state index in [1.165, 1.54) is 24.8 Å². The summed E-state index contributed by atoms with van der Waals surface area (Å²) in [5.41, 5.74) is 1.40. The third-order valence-corrected chi connectivity index (χ3v) is 2.16. The van der Waals surface area contributed by atoms with Gasteiger partial charge in [-0.1, -0.05) is 25.5 Å². The molecule has 0 fully saturated rings. The standard InChI is InChI=1S/C13H19O/c1-3-5-6-12-7-9-13(10-8-12)14-11-4-2/h7-10H,2-6,11H2,1H3. The molecule has 0 amide bonds. The highest BCUT2D eigenvalue weighted by Gasteiger charge is 1.94. The van der Waals surface area contributed by atoms with Gasteiger partial charge < -0.3 is 4.74 Å². The zero-order valence-corrected chi connectivity index (χ0v) is 8.96. The Morgan fingerprint density at radius 2 is 1.93 bits per heavy atom. The van der Waals surface area contributed by atoms with Gasteiger partial charge in [-0.3, -0.25) is 0 Å². The van der Waals surface area contributed by atoms with Crippen LogP contribution in [0.5, 0.6) is 5.75 Å². The van der Waals surface area contributed by atoms with Gasteiger partial charge in [-0.15, -0.1) is 0 Å². The summed E-state index contributed by atoms with van der Waals surface area (Å²) in [7, 11) is 0. The van der Waals surface area contributed by atoms with Gasteiger partial charge >= 0.3 is 0 Å². The van der Waals surface area contributed by atoms with E-state index in [0.29, 0.717) is 6.61 Å². The van der Waals surface area contributed by atoms with E-state index in [1.54, 1.807) is 0 Å². The fourth-order valence-corrected chi connectivity index (χ4v) is 1.32. The third kappa shape index (κ3) is 3.82. The average Bonchev–Trinajstić information content (AvgIpc) is 2.25. The lowest BCUT2D eigenvalue weighted by atomic mass is 10.1. The number of hydrogen-bond acceptors (Lipinski definition) is 1. The second kappa shape index (κ2) is 6.47. The lowest BCUT2D eigenvalue weighted by Crippen LogP contribution is -1.95. The van der Waals surface area contributed by atoms with Crippen molar-refractivity contribution in [1.82, 2.24) is 0 Å². The van der Waals surface area contributed by atoms with Gasteiger partial charge in [-0.2, -0.15) is 0 Å². The van der Waals surface area contributed by atoms with E-state index in [1.807, 2.05) is 12.1 Å². The minimum Gasteiger partial charge on any atom is -0.494 e. The maximum Gasteiger partial charge on any atom is 0.119 e. The Bertz CT molecular complexity index is 211. The first-order chi connectivity index (χ1) is 6.86. The first kappa shape index (κ1) is 11.1. The monoisotopic (exact) mass is 191 g/mol. The molecule has 0 unspecified atom stereocenters. The van der Waals surface area contributed by atoms with Crippen molar-refractivity contribution in [3.8, 4) is 5.75 Å². The number of benzene rings is 1. The van der Waals surface area contributed by atoms with Crippen LogP contribution >= 0.6 is 0 Å². The van der Waals surface area contributed by atoms with Crippen LogP contribution in [0, 0.1) is 6.92 Å². The summed E-state index contributed by atoms with van der Waals surface area (Å²) >= 11 is 0. The molecule has 0 saturated carbocycles. The highest BCUT2D eigenvalue weighted by Crippen LogP contribution is 2.13. The van der Waals surface area contributed by atoms with E-state index >= 15 is 0 Å². The van der Waals surface area contributed by atoms with Crippen molar-refractivity contribution >= 4 is 0 Å². The van der Waals surface area contributed by atoms with E-state index in [0.717, 1.165) is 12.2 Å². The van der Waals surface area contributed by atoms with Gasteiger partial charge in [0.25, 0.3) is 0 Å². The summed E-state index contributed by atoms with van der Waals surface area (Å²) < 4.78 is 5.45. The second-order valence-electron chi connectivity index (χ2n) is 3.45. The van der Waals surface area contributed by atoms with Crippen molar-refractivity contribution in [3.63, 3.8) is 0 Å². The van der Waals surface area contributed by atoms with Crippen LogP contribution in [0.4, 0.5) is 0 Å². The molecule has 0 heterocycles. The number of unbranched alkanes of at least 4 members (excludes halogenated alkanes) is 1. The molecule has 14 heavy (non-hydrogen) atoms. The molecule has 0 spiro atoms. The van der Waals surface area contributed by atoms with Crippen LogP contribution in [0.1, 0.15) is 31.7 Å². The van der Waals surface area contributed by atoms with Crippen LogP contribution in [0.15, 0.2) is 24.3 Å². The van der Waals surface area contributed by atoms with Gasteiger partial charge in [-0.25, -0.2) is 0 Å². The molecule has 0 aromatic heterocycles. The van der Waals surface area contributed by atoms with Crippen LogP contribution in [0.3, 0.4) is 0 Å². The van der Waals surface area contributed by atoms with Crippen molar-refractivity contribution in [2.24, 2.45) is 0 Å². The van der Waals surface area contributed by atoms with Crippen molar-refractivity contribution < 1.29 is 4.74 Å². The molecule has 1 nitrogen and oxygen atoms in total. The SMILES string of the molecule is [CH2]CCOc1ccc(CCCC)cc1. The summed E-state index contributed by atoms with van der Waals surface area (Å²) in [4.78, 5) is 0. The summed E-state index contributed by atoms with van der Waals surface area (Å²) in [6, 6.07) is 8.38. The number of rotatable bonds is 6. The molecule has 0 aliphatic heterocycles. The first-order valence-corrected chi connectivity index (χ1v) is 5.37. The molecule has 0 bridgehead atoms. The highest BCUT2D eigenvalue weighted by molar-refractivity contribution is 5.27. The van der Waals surface area contributed by atoms with Crippen LogP contribution < -0.4 is 4.74 Å².